The Kier molecular flexibility index (Phi) is 4.40. The van der Waals surface area contributed by atoms with Gasteiger partial charge in [0.1, 0.15) is 5.76 Å². The molecule has 2 aromatic rings. The molecule has 0 aliphatic carbocycles. The molecule has 0 aliphatic heterocycles. The minimum atomic E-state index is 0.166. The van der Waals surface area contributed by atoms with Gasteiger partial charge in [-0.2, -0.15) is 0 Å². The van der Waals surface area contributed by atoms with E-state index < -0.39 is 0 Å². The Morgan fingerprint density at radius 3 is 2.71 bits per heavy atom. The van der Waals surface area contributed by atoms with E-state index in [-0.39, 0.29) is 6.04 Å². The molecule has 2 nitrogen and oxygen atoms in total. The van der Waals surface area contributed by atoms with Gasteiger partial charge in [0.25, 0.3) is 0 Å². The highest BCUT2D eigenvalue weighted by atomic mass is 79.9. The van der Waals surface area contributed by atoms with Crippen LogP contribution in [0.25, 0.3) is 0 Å². The molecular formula is C14H16BrNO. The first-order valence-electron chi connectivity index (χ1n) is 5.77. The van der Waals surface area contributed by atoms with Crippen LogP contribution in [-0.2, 0) is 12.8 Å². The number of hydrogen-bond acceptors (Lipinski definition) is 2. The van der Waals surface area contributed by atoms with Crippen molar-refractivity contribution in [2.75, 3.05) is 0 Å². The zero-order chi connectivity index (χ0) is 12.1. The Morgan fingerprint density at radius 1 is 1.18 bits per heavy atom. The normalized spacial score (nSPS) is 12.6. The van der Waals surface area contributed by atoms with E-state index in [1.165, 1.54) is 5.56 Å². The molecule has 17 heavy (non-hydrogen) atoms. The Hall–Kier alpha value is -1.06. The number of benzene rings is 1. The van der Waals surface area contributed by atoms with Crippen LogP contribution in [0, 0.1) is 0 Å². The van der Waals surface area contributed by atoms with Gasteiger partial charge < -0.3 is 10.2 Å². The monoisotopic (exact) mass is 293 g/mol. The Morgan fingerprint density at radius 2 is 2.00 bits per heavy atom. The molecule has 0 aliphatic rings. The van der Waals surface area contributed by atoms with Crippen molar-refractivity contribution in [2.24, 2.45) is 5.73 Å². The molecule has 2 rings (SSSR count). The van der Waals surface area contributed by atoms with Crippen LogP contribution < -0.4 is 5.73 Å². The number of nitrogens with two attached hydrogens (primary N) is 1. The number of aryl methyl sites for hydroxylation is 1. The van der Waals surface area contributed by atoms with Gasteiger partial charge in [-0.25, -0.2) is 0 Å². The van der Waals surface area contributed by atoms with Gasteiger partial charge in [0.2, 0.25) is 0 Å². The molecule has 0 amide bonds. The highest BCUT2D eigenvalue weighted by Crippen LogP contribution is 2.18. The Labute approximate surface area is 110 Å². The standard InChI is InChI=1S/C14H16BrNO/c15-14-6-2-1-4-11(14)10-12(16)7-8-13-5-3-9-17-13/h1-6,9,12H,7-8,10,16H2. The lowest BCUT2D eigenvalue weighted by Gasteiger charge is -2.11. The van der Waals surface area contributed by atoms with E-state index in [1.807, 2.05) is 24.3 Å². The molecule has 1 unspecified atom stereocenters. The summed E-state index contributed by atoms with van der Waals surface area (Å²) in [5.74, 6) is 1.01. The van der Waals surface area contributed by atoms with Gasteiger partial charge in [-0.15, -0.1) is 0 Å². The van der Waals surface area contributed by atoms with Gasteiger partial charge in [-0.3, -0.25) is 0 Å². The van der Waals surface area contributed by atoms with Crippen molar-refractivity contribution in [2.45, 2.75) is 25.3 Å². The summed E-state index contributed by atoms with van der Waals surface area (Å²) < 4.78 is 6.43. The van der Waals surface area contributed by atoms with Gasteiger partial charge >= 0.3 is 0 Å². The van der Waals surface area contributed by atoms with Gasteiger partial charge in [0, 0.05) is 16.9 Å². The maximum atomic E-state index is 6.13. The molecular weight excluding hydrogens is 278 g/mol. The van der Waals surface area contributed by atoms with E-state index in [0.29, 0.717) is 0 Å². The largest absolute Gasteiger partial charge is 0.469 e. The molecule has 1 heterocycles. The highest BCUT2D eigenvalue weighted by Gasteiger charge is 2.07. The van der Waals surface area contributed by atoms with Crippen molar-refractivity contribution < 1.29 is 4.42 Å². The van der Waals surface area contributed by atoms with E-state index >= 15 is 0 Å². The molecule has 0 spiro atoms. The molecule has 90 valence electrons. The zero-order valence-corrected chi connectivity index (χ0v) is 11.2. The summed E-state index contributed by atoms with van der Waals surface area (Å²) in [5.41, 5.74) is 7.39. The van der Waals surface area contributed by atoms with Gasteiger partial charge in [0.15, 0.2) is 0 Å². The second-order valence-corrected chi connectivity index (χ2v) is 5.03. The first-order valence-corrected chi connectivity index (χ1v) is 6.56. The summed E-state index contributed by atoms with van der Waals surface area (Å²) in [5, 5.41) is 0. The number of hydrogen-bond donors (Lipinski definition) is 1. The molecule has 1 atom stereocenters. The van der Waals surface area contributed by atoms with Crippen molar-refractivity contribution in [1.82, 2.24) is 0 Å². The predicted molar refractivity (Wildman–Crippen MR) is 72.9 cm³/mol. The SMILES string of the molecule is NC(CCc1ccco1)Cc1ccccc1Br. The fourth-order valence-electron chi connectivity index (χ4n) is 1.83. The summed E-state index contributed by atoms with van der Waals surface area (Å²) in [4.78, 5) is 0. The fraction of sp³-hybridized carbons (Fsp3) is 0.286. The molecule has 0 radical (unpaired) electrons. The van der Waals surface area contributed by atoms with Crippen LogP contribution in [0.3, 0.4) is 0 Å². The average Bonchev–Trinajstić information content (AvgIpc) is 2.82. The van der Waals surface area contributed by atoms with Crippen molar-refractivity contribution in [3.05, 3.63) is 58.5 Å². The maximum absolute atomic E-state index is 6.13. The number of rotatable bonds is 5. The first kappa shape index (κ1) is 12.4. The Balaban J connectivity index is 1.85. The van der Waals surface area contributed by atoms with Crippen molar-refractivity contribution in [3.8, 4) is 0 Å². The van der Waals surface area contributed by atoms with Gasteiger partial charge in [-0.1, -0.05) is 34.1 Å². The van der Waals surface area contributed by atoms with Gasteiger partial charge in [-0.05, 0) is 36.6 Å². The zero-order valence-electron chi connectivity index (χ0n) is 9.60. The summed E-state index contributed by atoms with van der Waals surface area (Å²) in [6.07, 6.45) is 4.43. The minimum Gasteiger partial charge on any atom is -0.469 e. The second kappa shape index (κ2) is 6.03. The van der Waals surface area contributed by atoms with Crippen molar-refractivity contribution in [3.63, 3.8) is 0 Å². The van der Waals surface area contributed by atoms with Crippen LogP contribution in [-0.4, -0.2) is 6.04 Å². The molecule has 2 N–H and O–H groups in total. The maximum Gasteiger partial charge on any atom is 0.103 e. The summed E-state index contributed by atoms with van der Waals surface area (Å²) >= 11 is 3.54. The smallest absolute Gasteiger partial charge is 0.103 e. The van der Waals surface area contributed by atoms with E-state index in [9.17, 15) is 0 Å². The third-order valence-electron chi connectivity index (χ3n) is 2.78. The van der Waals surface area contributed by atoms with E-state index in [0.717, 1.165) is 29.5 Å². The fourth-order valence-corrected chi connectivity index (χ4v) is 2.28. The van der Waals surface area contributed by atoms with Crippen LogP contribution in [0.5, 0.6) is 0 Å². The average molecular weight is 294 g/mol. The van der Waals surface area contributed by atoms with Crippen molar-refractivity contribution in [1.29, 1.82) is 0 Å². The third-order valence-corrected chi connectivity index (χ3v) is 3.56. The lowest BCUT2D eigenvalue weighted by Crippen LogP contribution is -2.23. The summed E-state index contributed by atoms with van der Waals surface area (Å²) in [6, 6.07) is 12.3. The van der Waals surface area contributed by atoms with Crippen LogP contribution in [0.15, 0.2) is 51.6 Å². The van der Waals surface area contributed by atoms with E-state index in [1.54, 1.807) is 6.26 Å². The third kappa shape index (κ3) is 3.72. The lowest BCUT2D eigenvalue weighted by molar-refractivity contribution is 0.484. The second-order valence-electron chi connectivity index (χ2n) is 4.17. The lowest BCUT2D eigenvalue weighted by atomic mass is 10.0. The van der Waals surface area contributed by atoms with Crippen molar-refractivity contribution >= 4 is 15.9 Å². The van der Waals surface area contributed by atoms with Crippen LogP contribution in [0.2, 0.25) is 0 Å². The van der Waals surface area contributed by atoms with Crippen LogP contribution in [0.1, 0.15) is 17.7 Å². The Bertz CT molecular complexity index is 453. The first-order chi connectivity index (χ1) is 8.25. The highest BCUT2D eigenvalue weighted by molar-refractivity contribution is 9.10. The molecule has 0 saturated carbocycles. The predicted octanol–water partition coefficient (Wildman–Crippen LogP) is 3.54. The van der Waals surface area contributed by atoms with E-state index in [2.05, 4.69) is 28.1 Å². The summed E-state index contributed by atoms with van der Waals surface area (Å²) in [7, 11) is 0. The molecule has 3 heteroatoms. The molecule has 0 bridgehead atoms. The molecule has 1 aromatic carbocycles. The number of furan rings is 1. The molecule has 0 fully saturated rings. The summed E-state index contributed by atoms with van der Waals surface area (Å²) in [6.45, 7) is 0. The van der Waals surface area contributed by atoms with E-state index in [4.69, 9.17) is 10.2 Å². The molecule has 0 saturated heterocycles. The molecule has 1 aromatic heterocycles. The minimum absolute atomic E-state index is 0.166. The topological polar surface area (TPSA) is 39.2 Å². The number of halogens is 1. The van der Waals surface area contributed by atoms with Gasteiger partial charge in [0.05, 0.1) is 6.26 Å². The van der Waals surface area contributed by atoms with Crippen LogP contribution >= 0.6 is 15.9 Å². The quantitative estimate of drug-likeness (QED) is 0.916. The van der Waals surface area contributed by atoms with Crippen LogP contribution in [0.4, 0.5) is 0 Å².